The summed E-state index contributed by atoms with van der Waals surface area (Å²) in [7, 11) is 0. The molecule has 2 nitrogen and oxygen atoms in total. The van der Waals surface area contributed by atoms with E-state index in [0.29, 0.717) is 4.60 Å². The molecule has 84 valence electrons. The van der Waals surface area contributed by atoms with Crippen molar-refractivity contribution in [2.45, 2.75) is 6.18 Å². The topological polar surface area (TPSA) is 17.8 Å². The van der Waals surface area contributed by atoms with Crippen LogP contribution in [0, 0.1) is 0 Å². The van der Waals surface area contributed by atoms with Crippen LogP contribution in [-0.4, -0.2) is 9.78 Å². The molecule has 0 fully saturated rings. The summed E-state index contributed by atoms with van der Waals surface area (Å²) in [5.41, 5.74) is -0.689. The Labute approximate surface area is 97.8 Å². The minimum absolute atomic E-state index is 0.0145. The minimum atomic E-state index is -4.38. The average molecular weight is 291 g/mol. The number of aromatic nitrogens is 2. The number of nitrogens with zero attached hydrogens (tertiary/aromatic N) is 2. The smallest absolute Gasteiger partial charge is 0.239 e. The Morgan fingerprint density at radius 3 is 2.38 bits per heavy atom. The first kappa shape index (κ1) is 11.2. The van der Waals surface area contributed by atoms with Crippen LogP contribution in [0.2, 0.25) is 0 Å². The normalized spacial score (nSPS) is 11.8. The molecule has 0 saturated heterocycles. The van der Waals surface area contributed by atoms with Gasteiger partial charge < -0.3 is 0 Å². The van der Waals surface area contributed by atoms with E-state index < -0.39 is 11.7 Å². The zero-order chi connectivity index (χ0) is 11.8. The zero-order valence-electron chi connectivity index (χ0n) is 7.87. The van der Waals surface area contributed by atoms with Crippen molar-refractivity contribution in [2.24, 2.45) is 0 Å². The summed E-state index contributed by atoms with van der Waals surface area (Å²) in [6.07, 6.45) is -2.91. The summed E-state index contributed by atoms with van der Waals surface area (Å²) < 4.78 is 39.7. The molecule has 0 saturated carbocycles. The number of hydrogen-bond acceptors (Lipinski definition) is 1. The van der Waals surface area contributed by atoms with Crippen LogP contribution >= 0.6 is 15.9 Å². The van der Waals surface area contributed by atoms with Crippen LogP contribution in [-0.2, 0) is 6.18 Å². The fraction of sp³-hybridized carbons (Fsp3) is 0.100. The molecule has 0 bridgehead atoms. The van der Waals surface area contributed by atoms with Crippen molar-refractivity contribution in [3.05, 3.63) is 46.7 Å². The van der Waals surface area contributed by atoms with Gasteiger partial charge in [-0.3, -0.25) is 0 Å². The summed E-state index contributed by atoms with van der Waals surface area (Å²) in [5, 5.41) is 3.89. The molecule has 6 heteroatoms. The molecule has 0 N–H and O–H groups in total. The first-order chi connectivity index (χ1) is 7.48. The maximum atomic E-state index is 12.7. The Morgan fingerprint density at radius 1 is 1.12 bits per heavy atom. The second-order valence-electron chi connectivity index (χ2n) is 3.10. The largest absolute Gasteiger partial charge is 0.418 e. The van der Waals surface area contributed by atoms with Crippen LogP contribution in [0.5, 0.6) is 0 Å². The lowest BCUT2D eigenvalue weighted by Gasteiger charge is -2.11. The van der Waals surface area contributed by atoms with E-state index in [9.17, 15) is 13.2 Å². The number of hydrogen-bond donors (Lipinski definition) is 0. The highest BCUT2D eigenvalue weighted by molar-refractivity contribution is 9.10. The predicted molar refractivity (Wildman–Crippen MR) is 56.3 cm³/mol. The SMILES string of the molecule is FC(F)(F)c1ccccc1-n1ccc(Br)n1. The molecule has 0 aliphatic heterocycles. The number of rotatable bonds is 1. The van der Waals surface area contributed by atoms with Crippen molar-refractivity contribution in [1.82, 2.24) is 9.78 Å². The van der Waals surface area contributed by atoms with E-state index in [1.807, 2.05) is 0 Å². The highest BCUT2D eigenvalue weighted by atomic mass is 79.9. The van der Waals surface area contributed by atoms with Gasteiger partial charge in [0, 0.05) is 6.20 Å². The van der Waals surface area contributed by atoms with Crippen LogP contribution in [0.1, 0.15) is 5.56 Å². The lowest BCUT2D eigenvalue weighted by atomic mass is 10.2. The van der Waals surface area contributed by atoms with Crippen LogP contribution in [0.4, 0.5) is 13.2 Å². The lowest BCUT2D eigenvalue weighted by molar-refractivity contribution is -0.137. The monoisotopic (exact) mass is 290 g/mol. The molecule has 16 heavy (non-hydrogen) atoms. The van der Waals surface area contributed by atoms with Crippen molar-refractivity contribution in [3.8, 4) is 5.69 Å². The first-order valence-electron chi connectivity index (χ1n) is 4.36. The maximum absolute atomic E-state index is 12.7. The van der Waals surface area contributed by atoms with Crippen molar-refractivity contribution in [2.75, 3.05) is 0 Å². The Kier molecular flexibility index (Phi) is 2.75. The molecule has 0 aliphatic carbocycles. The van der Waals surface area contributed by atoms with Crippen molar-refractivity contribution in [1.29, 1.82) is 0 Å². The van der Waals surface area contributed by atoms with Gasteiger partial charge in [-0.15, -0.1) is 0 Å². The Hall–Kier alpha value is -1.30. The van der Waals surface area contributed by atoms with Crippen LogP contribution in [0.15, 0.2) is 41.1 Å². The van der Waals surface area contributed by atoms with E-state index in [4.69, 9.17) is 0 Å². The molecule has 0 atom stereocenters. The van der Waals surface area contributed by atoms with Gasteiger partial charge in [0.05, 0.1) is 11.3 Å². The molecule has 1 aromatic heterocycles. The van der Waals surface area contributed by atoms with Gasteiger partial charge >= 0.3 is 6.18 Å². The molecule has 1 aromatic carbocycles. The number of benzene rings is 1. The van der Waals surface area contributed by atoms with Gasteiger partial charge in [0.25, 0.3) is 0 Å². The quantitative estimate of drug-likeness (QED) is 0.784. The van der Waals surface area contributed by atoms with Crippen molar-refractivity contribution < 1.29 is 13.2 Å². The van der Waals surface area contributed by atoms with E-state index in [1.54, 1.807) is 12.1 Å². The molecule has 1 heterocycles. The molecule has 0 spiro atoms. The zero-order valence-corrected chi connectivity index (χ0v) is 9.46. The third kappa shape index (κ3) is 2.11. The first-order valence-corrected chi connectivity index (χ1v) is 5.15. The van der Waals surface area contributed by atoms with Gasteiger partial charge in [0.1, 0.15) is 4.60 Å². The number of para-hydroxylation sites is 1. The van der Waals surface area contributed by atoms with Gasteiger partial charge in [-0.25, -0.2) is 4.68 Å². The molecule has 0 amide bonds. The van der Waals surface area contributed by atoms with E-state index in [0.717, 1.165) is 6.07 Å². The standard InChI is InChI=1S/C10H6BrF3N2/c11-9-5-6-16(15-9)8-4-2-1-3-7(8)10(12,13)14/h1-6H. The molecular formula is C10H6BrF3N2. The number of alkyl halides is 3. The summed E-state index contributed by atoms with van der Waals surface area (Å²) in [6.45, 7) is 0. The Bertz CT molecular complexity index is 505. The van der Waals surface area contributed by atoms with E-state index in [1.165, 1.54) is 23.0 Å². The Morgan fingerprint density at radius 2 is 1.81 bits per heavy atom. The summed E-state index contributed by atoms with van der Waals surface area (Å²) in [4.78, 5) is 0. The van der Waals surface area contributed by atoms with E-state index in [-0.39, 0.29) is 5.69 Å². The second-order valence-corrected chi connectivity index (χ2v) is 3.91. The van der Waals surface area contributed by atoms with Crippen LogP contribution in [0.3, 0.4) is 0 Å². The maximum Gasteiger partial charge on any atom is 0.418 e. The highest BCUT2D eigenvalue weighted by Gasteiger charge is 2.33. The summed E-state index contributed by atoms with van der Waals surface area (Å²) in [5.74, 6) is 0. The molecule has 0 unspecified atom stereocenters. The molecule has 2 aromatic rings. The van der Waals surface area contributed by atoms with Crippen molar-refractivity contribution >= 4 is 15.9 Å². The third-order valence-corrected chi connectivity index (χ3v) is 2.44. The number of halogens is 4. The fourth-order valence-corrected chi connectivity index (χ4v) is 1.64. The van der Waals surface area contributed by atoms with Gasteiger partial charge in [-0.1, -0.05) is 12.1 Å². The molecular weight excluding hydrogens is 285 g/mol. The van der Waals surface area contributed by atoms with Gasteiger partial charge in [0.15, 0.2) is 0 Å². The van der Waals surface area contributed by atoms with E-state index in [2.05, 4.69) is 21.0 Å². The summed E-state index contributed by atoms with van der Waals surface area (Å²) in [6, 6.07) is 6.88. The molecule has 0 aliphatic rings. The van der Waals surface area contributed by atoms with Gasteiger partial charge in [-0.05, 0) is 34.1 Å². The second kappa shape index (κ2) is 3.93. The molecule has 0 radical (unpaired) electrons. The van der Waals surface area contributed by atoms with Crippen molar-refractivity contribution in [3.63, 3.8) is 0 Å². The molecule has 2 rings (SSSR count). The predicted octanol–water partition coefficient (Wildman–Crippen LogP) is 3.65. The highest BCUT2D eigenvalue weighted by Crippen LogP contribution is 2.33. The average Bonchev–Trinajstić information content (AvgIpc) is 2.64. The fourth-order valence-electron chi connectivity index (χ4n) is 1.35. The van der Waals surface area contributed by atoms with Gasteiger partial charge in [-0.2, -0.15) is 18.3 Å². The summed E-state index contributed by atoms with van der Waals surface area (Å²) >= 11 is 3.09. The van der Waals surface area contributed by atoms with Crippen LogP contribution in [0.25, 0.3) is 5.69 Å². The van der Waals surface area contributed by atoms with E-state index >= 15 is 0 Å². The Balaban J connectivity index is 2.57. The third-order valence-electron chi connectivity index (χ3n) is 2.01. The van der Waals surface area contributed by atoms with Crippen LogP contribution < -0.4 is 0 Å². The minimum Gasteiger partial charge on any atom is -0.239 e. The van der Waals surface area contributed by atoms with Gasteiger partial charge in [0.2, 0.25) is 0 Å². The lowest BCUT2D eigenvalue weighted by Crippen LogP contribution is -2.10.